The van der Waals surface area contributed by atoms with Crippen molar-refractivity contribution in [2.75, 3.05) is 16.9 Å². The molecule has 1 atom stereocenters. The van der Waals surface area contributed by atoms with Crippen LogP contribution in [0, 0.1) is 5.82 Å². The van der Waals surface area contributed by atoms with Gasteiger partial charge in [0.2, 0.25) is 5.91 Å². The monoisotopic (exact) mass is 370 g/mol. The van der Waals surface area contributed by atoms with Crippen molar-refractivity contribution >= 4 is 40.2 Å². The van der Waals surface area contributed by atoms with Gasteiger partial charge in [-0.3, -0.25) is 14.7 Å². The second kappa shape index (κ2) is 6.80. The van der Waals surface area contributed by atoms with Gasteiger partial charge in [0.05, 0.1) is 28.8 Å². The van der Waals surface area contributed by atoms with Crippen molar-refractivity contribution in [3.63, 3.8) is 0 Å². The van der Waals surface area contributed by atoms with Crippen LogP contribution in [0.5, 0.6) is 0 Å². The molecule has 0 radical (unpaired) electrons. The lowest BCUT2D eigenvalue weighted by atomic mass is 10.1. The first-order chi connectivity index (χ1) is 12.6. The van der Waals surface area contributed by atoms with E-state index in [-0.39, 0.29) is 11.6 Å². The normalized spacial score (nSPS) is 16.8. The molecular formula is C18H15FN4O2S. The number of aromatic nitrogens is 2. The molecule has 2 N–H and O–H groups in total. The molecule has 8 heteroatoms. The fraction of sp³-hybridized carbons (Fsp3) is 0.167. The number of benzene rings is 2. The number of amides is 2. The van der Waals surface area contributed by atoms with Gasteiger partial charge in [-0.05, 0) is 18.2 Å². The van der Waals surface area contributed by atoms with E-state index in [4.69, 9.17) is 0 Å². The Hall–Kier alpha value is -2.87. The molecular weight excluding hydrogens is 355 g/mol. The number of H-pyrrole nitrogens is 1. The van der Waals surface area contributed by atoms with Crippen LogP contribution in [0.2, 0.25) is 0 Å². The van der Waals surface area contributed by atoms with E-state index >= 15 is 0 Å². The van der Waals surface area contributed by atoms with Crippen molar-refractivity contribution in [1.29, 1.82) is 0 Å². The standard InChI is InChI=1S/C18H15FN4O2S/c19-13-6-1-2-7-14(13)21-17(24)15-9-26-10-23(15)18(25)12-5-3-4-11-8-20-22-16(11)12/h1-8,15H,9-10H2,(H,20,22)(H,21,24)/t15-/m0/s1. The fourth-order valence-corrected chi connectivity index (χ4v) is 4.09. The number of rotatable bonds is 3. The molecule has 0 bridgehead atoms. The molecule has 4 rings (SSSR count). The highest BCUT2D eigenvalue weighted by Gasteiger charge is 2.36. The van der Waals surface area contributed by atoms with Gasteiger partial charge in [0.25, 0.3) is 5.91 Å². The Labute approximate surface area is 152 Å². The second-order valence-corrected chi connectivity index (χ2v) is 6.90. The van der Waals surface area contributed by atoms with Crippen LogP contribution >= 0.6 is 11.8 Å². The minimum absolute atomic E-state index is 0.109. The molecule has 0 aliphatic carbocycles. The molecule has 132 valence electrons. The molecule has 26 heavy (non-hydrogen) atoms. The van der Waals surface area contributed by atoms with Gasteiger partial charge in [0.1, 0.15) is 11.9 Å². The van der Waals surface area contributed by atoms with E-state index in [1.54, 1.807) is 30.5 Å². The summed E-state index contributed by atoms with van der Waals surface area (Å²) in [6.07, 6.45) is 1.65. The van der Waals surface area contributed by atoms with E-state index in [2.05, 4.69) is 15.5 Å². The zero-order chi connectivity index (χ0) is 18.1. The number of hydrogen-bond donors (Lipinski definition) is 2. The average molecular weight is 370 g/mol. The van der Waals surface area contributed by atoms with Gasteiger partial charge in [-0.2, -0.15) is 5.10 Å². The minimum Gasteiger partial charge on any atom is -0.322 e. The summed E-state index contributed by atoms with van der Waals surface area (Å²) in [7, 11) is 0. The Bertz CT molecular complexity index is 990. The van der Waals surface area contributed by atoms with E-state index in [0.29, 0.717) is 22.7 Å². The maximum Gasteiger partial charge on any atom is 0.257 e. The number of anilines is 1. The van der Waals surface area contributed by atoms with E-state index in [1.807, 2.05) is 6.07 Å². The Morgan fingerprint density at radius 2 is 2.08 bits per heavy atom. The fourth-order valence-electron chi connectivity index (χ4n) is 2.94. The highest BCUT2D eigenvalue weighted by atomic mass is 32.2. The first-order valence-corrected chi connectivity index (χ1v) is 9.17. The summed E-state index contributed by atoms with van der Waals surface area (Å²) >= 11 is 1.49. The highest BCUT2D eigenvalue weighted by Crippen LogP contribution is 2.27. The molecule has 1 saturated heterocycles. The van der Waals surface area contributed by atoms with Crippen LogP contribution in [-0.2, 0) is 4.79 Å². The number of para-hydroxylation sites is 2. The quantitative estimate of drug-likeness (QED) is 0.743. The summed E-state index contributed by atoms with van der Waals surface area (Å²) in [5, 5.41) is 10.2. The molecule has 1 aliphatic heterocycles. The number of nitrogens with one attached hydrogen (secondary N) is 2. The van der Waals surface area contributed by atoms with Crippen LogP contribution in [0.4, 0.5) is 10.1 Å². The van der Waals surface area contributed by atoms with Crippen LogP contribution < -0.4 is 5.32 Å². The summed E-state index contributed by atoms with van der Waals surface area (Å²) < 4.78 is 13.8. The van der Waals surface area contributed by atoms with E-state index in [1.165, 1.54) is 28.8 Å². The molecule has 0 unspecified atom stereocenters. The lowest BCUT2D eigenvalue weighted by molar-refractivity contribution is -0.119. The molecule has 1 aliphatic rings. The van der Waals surface area contributed by atoms with Gasteiger partial charge in [0, 0.05) is 11.1 Å². The summed E-state index contributed by atoms with van der Waals surface area (Å²) in [5.41, 5.74) is 1.21. The van der Waals surface area contributed by atoms with Gasteiger partial charge in [-0.1, -0.05) is 24.3 Å². The van der Waals surface area contributed by atoms with Crippen molar-refractivity contribution < 1.29 is 14.0 Å². The van der Waals surface area contributed by atoms with Gasteiger partial charge < -0.3 is 10.2 Å². The van der Waals surface area contributed by atoms with Crippen molar-refractivity contribution in [3.05, 3.63) is 60.0 Å². The number of hydrogen-bond acceptors (Lipinski definition) is 4. The van der Waals surface area contributed by atoms with Crippen molar-refractivity contribution in [2.45, 2.75) is 6.04 Å². The maximum absolute atomic E-state index is 13.8. The lowest BCUT2D eigenvalue weighted by Gasteiger charge is -2.23. The van der Waals surface area contributed by atoms with Crippen LogP contribution in [0.15, 0.2) is 48.7 Å². The van der Waals surface area contributed by atoms with Crippen molar-refractivity contribution in [3.8, 4) is 0 Å². The molecule has 2 heterocycles. The molecule has 3 aromatic rings. The first-order valence-electron chi connectivity index (χ1n) is 8.01. The number of fused-ring (bicyclic) bond motifs is 1. The smallest absolute Gasteiger partial charge is 0.257 e. The first kappa shape index (κ1) is 16.6. The molecule has 0 saturated carbocycles. The number of nitrogens with zero attached hydrogens (tertiary/aromatic N) is 2. The lowest BCUT2D eigenvalue weighted by Crippen LogP contribution is -2.44. The van der Waals surface area contributed by atoms with Crippen molar-refractivity contribution in [2.24, 2.45) is 0 Å². The Kier molecular flexibility index (Phi) is 4.34. The van der Waals surface area contributed by atoms with Crippen molar-refractivity contribution in [1.82, 2.24) is 15.1 Å². The number of halogens is 1. The van der Waals surface area contributed by atoms with E-state index < -0.39 is 17.8 Å². The topological polar surface area (TPSA) is 78.1 Å². The average Bonchev–Trinajstić information content (AvgIpc) is 3.31. The number of carbonyl (C=O) groups is 2. The summed E-state index contributed by atoms with van der Waals surface area (Å²) in [6, 6.07) is 10.6. The molecule has 6 nitrogen and oxygen atoms in total. The third kappa shape index (κ3) is 2.92. The zero-order valence-corrected chi connectivity index (χ0v) is 14.4. The van der Waals surface area contributed by atoms with Crippen LogP contribution in [-0.4, -0.2) is 44.6 Å². The Balaban J connectivity index is 1.58. The molecule has 2 aromatic carbocycles. The number of thioether (sulfide) groups is 1. The third-order valence-corrected chi connectivity index (χ3v) is 5.30. The van der Waals surface area contributed by atoms with Gasteiger partial charge in [0.15, 0.2) is 0 Å². The predicted molar refractivity (Wildman–Crippen MR) is 98.4 cm³/mol. The summed E-state index contributed by atoms with van der Waals surface area (Å²) in [6.45, 7) is 0. The molecule has 1 aromatic heterocycles. The predicted octanol–water partition coefficient (Wildman–Crippen LogP) is 2.86. The van der Waals surface area contributed by atoms with Gasteiger partial charge in [-0.25, -0.2) is 4.39 Å². The van der Waals surface area contributed by atoms with Gasteiger partial charge in [-0.15, -0.1) is 11.8 Å². The third-order valence-electron chi connectivity index (χ3n) is 4.28. The zero-order valence-electron chi connectivity index (χ0n) is 13.6. The van der Waals surface area contributed by atoms with E-state index in [0.717, 1.165) is 5.39 Å². The Morgan fingerprint density at radius 1 is 1.23 bits per heavy atom. The summed E-state index contributed by atoms with van der Waals surface area (Å²) in [5.74, 6) is -0.292. The van der Waals surface area contributed by atoms with Crippen LogP contribution in [0.25, 0.3) is 10.9 Å². The molecule has 2 amide bonds. The second-order valence-electron chi connectivity index (χ2n) is 5.90. The number of carbonyl (C=O) groups excluding carboxylic acids is 2. The maximum atomic E-state index is 13.8. The minimum atomic E-state index is -0.662. The SMILES string of the molecule is O=C(Nc1ccccc1F)[C@@H]1CSCN1C(=O)c1cccc2cn[nH]c12. The molecule has 0 spiro atoms. The highest BCUT2D eigenvalue weighted by molar-refractivity contribution is 7.99. The van der Waals surface area contributed by atoms with E-state index in [9.17, 15) is 14.0 Å². The van der Waals surface area contributed by atoms with Crippen LogP contribution in [0.1, 0.15) is 10.4 Å². The Morgan fingerprint density at radius 3 is 2.92 bits per heavy atom. The largest absolute Gasteiger partial charge is 0.322 e. The summed E-state index contributed by atoms with van der Waals surface area (Å²) in [4.78, 5) is 27.1. The molecule has 1 fully saturated rings. The number of aromatic amines is 1. The van der Waals surface area contributed by atoms with Crippen LogP contribution in [0.3, 0.4) is 0 Å². The van der Waals surface area contributed by atoms with Gasteiger partial charge >= 0.3 is 0 Å².